The predicted molar refractivity (Wildman–Crippen MR) is 126 cm³/mol. The Labute approximate surface area is 183 Å². The number of nitrogens with one attached hydrogen (secondary N) is 1. The zero-order chi connectivity index (χ0) is 21.6. The fourth-order valence-electron chi connectivity index (χ4n) is 3.85. The Morgan fingerprint density at radius 2 is 1.80 bits per heavy atom. The molecule has 1 fully saturated rings. The van der Waals surface area contributed by atoms with E-state index in [1.54, 1.807) is 6.66 Å². The van der Waals surface area contributed by atoms with Gasteiger partial charge in [0.2, 0.25) is 5.91 Å². The third kappa shape index (κ3) is 5.48. The number of primary amides is 1. The van der Waals surface area contributed by atoms with Gasteiger partial charge in [-0.1, -0.05) is 41.7 Å². The molecule has 30 heavy (non-hydrogen) atoms. The van der Waals surface area contributed by atoms with Crippen LogP contribution in [0, 0.1) is 0 Å². The number of carbonyl (C=O) groups is 1. The van der Waals surface area contributed by atoms with Crippen molar-refractivity contribution in [3.05, 3.63) is 60.2 Å². The molecule has 162 valence electrons. The van der Waals surface area contributed by atoms with Crippen LogP contribution in [0.2, 0.25) is 0 Å². The molecule has 2 aromatic carbocycles. The molecule has 0 aromatic heterocycles. The Kier molecular flexibility index (Phi) is 7.67. The third-order valence-electron chi connectivity index (χ3n) is 5.81. The summed E-state index contributed by atoms with van der Waals surface area (Å²) in [5.41, 5.74) is 8.07. The van der Waals surface area contributed by atoms with Gasteiger partial charge in [0.05, 0.1) is 0 Å². The molecular formula is C23H31N2O3PS. The van der Waals surface area contributed by atoms with Gasteiger partial charge >= 0.3 is 0 Å². The quantitative estimate of drug-likeness (QED) is 0.521. The number of carbonyl (C=O) groups excluding carboxylic acids is 1. The summed E-state index contributed by atoms with van der Waals surface area (Å²) in [5, 5.41) is 2.53. The molecule has 1 saturated heterocycles. The number of anilines is 1. The van der Waals surface area contributed by atoms with E-state index in [1.165, 1.54) is 16.9 Å². The molecule has 1 amide bonds. The molecular weight excluding hydrogens is 415 g/mol. The highest BCUT2D eigenvalue weighted by Gasteiger charge is 2.51. The Hall–Kier alpha value is -1.75. The van der Waals surface area contributed by atoms with E-state index in [0.717, 1.165) is 23.4 Å². The average Bonchev–Trinajstić information content (AvgIpc) is 2.74. The first kappa shape index (κ1) is 22.9. The minimum Gasteiger partial charge on any atom is -0.383 e. The Morgan fingerprint density at radius 1 is 1.17 bits per heavy atom. The first-order valence-electron chi connectivity index (χ1n) is 10.4. The van der Waals surface area contributed by atoms with E-state index in [4.69, 9.17) is 10.5 Å². The van der Waals surface area contributed by atoms with Crippen molar-refractivity contribution in [2.24, 2.45) is 5.73 Å². The third-order valence-corrected chi connectivity index (χ3v) is 11.6. The molecule has 0 saturated carbocycles. The summed E-state index contributed by atoms with van der Waals surface area (Å²) in [7, 11) is 0. The summed E-state index contributed by atoms with van der Waals surface area (Å²) >= 11 is 1.29. The Balaban J connectivity index is 1.59. The van der Waals surface area contributed by atoms with E-state index in [-0.39, 0.29) is 0 Å². The van der Waals surface area contributed by atoms with Crippen molar-refractivity contribution in [3.63, 3.8) is 0 Å². The minimum atomic E-state index is -2.92. The highest BCUT2D eigenvalue weighted by Crippen LogP contribution is 2.70. The molecule has 0 spiro atoms. The monoisotopic (exact) mass is 446 g/mol. The molecule has 0 bridgehead atoms. The van der Waals surface area contributed by atoms with E-state index < -0.39 is 17.4 Å². The molecule has 3 rings (SSSR count). The highest BCUT2D eigenvalue weighted by molar-refractivity contribution is 8.58. The van der Waals surface area contributed by atoms with E-state index in [1.807, 2.05) is 30.3 Å². The molecule has 0 radical (unpaired) electrons. The fraction of sp³-hybridized carbons (Fsp3) is 0.435. The van der Waals surface area contributed by atoms with Gasteiger partial charge in [-0.25, -0.2) is 0 Å². The molecule has 1 aliphatic heterocycles. The lowest BCUT2D eigenvalue weighted by Crippen LogP contribution is -2.47. The standard InChI is InChI=1S/C23H31N2O3PS/c1-18(8-9-19-6-4-3-5-7-19)25-20-10-12-21(13-11-20)30-29(2,27)23(22(24)26)14-16-28-17-15-23/h3-7,10-13,18,25H,8-9,14-17H2,1-2H3,(H2,24,26). The maximum atomic E-state index is 13.6. The molecule has 2 unspecified atom stereocenters. The SMILES string of the molecule is CC(CCc1ccccc1)Nc1ccc(SP(C)(=O)C2(C(N)=O)CCOCC2)cc1. The summed E-state index contributed by atoms with van der Waals surface area (Å²) in [5.74, 6) is -0.477. The smallest absolute Gasteiger partial charge is 0.232 e. The normalized spacial score (nSPS) is 18.9. The van der Waals surface area contributed by atoms with E-state index in [2.05, 4.69) is 36.5 Å². The van der Waals surface area contributed by atoms with Crippen LogP contribution in [0.3, 0.4) is 0 Å². The first-order valence-corrected chi connectivity index (χ1v) is 14.0. The van der Waals surface area contributed by atoms with Crippen molar-refractivity contribution in [1.82, 2.24) is 0 Å². The maximum Gasteiger partial charge on any atom is 0.232 e. The zero-order valence-corrected chi connectivity index (χ0v) is 19.4. The van der Waals surface area contributed by atoms with Gasteiger partial charge in [0, 0.05) is 29.8 Å². The van der Waals surface area contributed by atoms with Crippen LogP contribution in [-0.4, -0.2) is 37.0 Å². The van der Waals surface area contributed by atoms with Crippen LogP contribution in [0.1, 0.15) is 31.7 Å². The Bertz CT molecular complexity index is 883. The summed E-state index contributed by atoms with van der Waals surface area (Å²) in [4.78, 5) is 13.1. The van der Waals surface area contributed by atoms with Crippen LogP contribution < -0.4 is 11.1 Å². The highest BCUT2D eigenvalue weighted by atomic mass is 32.7. The van der Waals surface area contributed by atoms with Gasteiger partial charge in [-0.15, -0.1) is 0 Å². The van der Waals surface area contributed by atoms with Crippen LogP contribution >= 0.6 is 17.7 Å². The summed E-state index contributed by atoms with van der Waals surface area (Å²) in [6.07, 6.45) is -0.0217. The van der Waals surface area contributed by atoms with Gasteiger partial charge in [-0.3, -0.25) is 4.79 Å². The van der Waals surface area contributed by atoms with Crippen molar-refractivity contribution in [1.29, 1.82) is 0 Å². The lowest BCUT2D eigenvalue weighted by molar-refractivity contribution is -0.122. The number of hydrogen-bond donors (Lipinski definition) is 2. The number of aryl methyl sites for hydroxylation is 1. The minimum absolute atomic E-state index is 0.335. The van der Waals surface area contributed by atoms with Crippen LogP contribution in [0.15, 0.2) is 59.5 Å². The molecule has 0 aliphatic carbocycles. The molecule has 2 aromatic rings. The van der Waals surface area contributed by atoms with Gasteiger partial charge in [0.15, 0.2) is 6.34 Å². The average molecular weight is 447 g/mol. The van der Waals surface area contributed by atoms with Crippen LogP contribution in [0.5, 0.6) is 0 Å². The molecule has 5 nitrogen and oxygen atoms in total. The van der Waals surface area contributed by atoms with Crippen molar-refractivity contribution in [3.8, 4) is 0 Å². The lowest BCUT2D eigenvalue weighted by Gasteiger charge is -2.38. The summed E-state index contributed by atoms with van der Waals surface area (Å²) in [6.45, 7) is 4.70. The number of nitrogens with two attached hydrogens (primary N) is 1. The molecule has 1 aliphatic rings. The van der Waals surface area contributed by atoms with E-state index in [0.29, 0.717) is 32.1 Å². The van der Waals surface area contributed by atoms with Crippen molar-refractivity contribution < 1.29 is 14.1 Å². The Morgan fingerprint density at radius 3 is 2.40 bits per heavy atom. The second kappa shape index (κ2) is 10.0. The number of amides is 1. The van der Waals surface area contributed by atoms with Gasteiger partial charge in [-0.05, 0) is 69.1 Å². The molecule has 2 atom stereocenters. The van der Waals surface area contributed by atoms with E-state index in [9.17, 15) is 9.36 Å². The second-order valence-corrected chi connectivity index (χ2v) is 13.9. The topological polar surface area (TPSA) is 81.4 Å². The van der Waals surface area contributed by atoms with Gasteiger partial charge in [0.1, 0.15) is 5.16 Å². The molecule has 1 heterocycles. The fourth-order valence-corrected chi connectivity index (χ4v) is 8.99. The first-order chi connectivity index (χ1) is 14.3. The van der Waals surface area contributed by atoms with Gasteiger partial charge in [-0.2, -0.15) is 0 Å². The van der Waals surface area contributed by atoms with Gasteiger partial charge < -0.3 is 20.4 Å². The molecule has 3 N–H and O–H groups in total. The van der Waals surface area contributed by atoms with Crippen molar-refractivity contribution >= 4 is 29.3 Å². The van der Waals surface area contributed by atoms with Crippen LogP contribution in [0.4, 0.5) is 5.69 Å². The summed E-state index contributed by atoms with van der Waals surface area (Å²) < 4.78 is 18.9. The van der Waals surface area contributed by atoms with Crippen LogP contribution in [0.25, 0.3) is 0 Å². The number of ether oxygens (including phenoxy) is 1. The molecule has 7 heteroatoms. The second-order valence-electron chi connectivity index (χ2n) is 8.04. The van der Waals surface area contributed by atoms with E-state index >= 15 is 0 Å². The largest absolute Gasteiger partial charge is 0.383 e. The number of rotatable bonds is 9. The lowest BCUT2D eigenvalue weighted by atomic mass is 9.98. The number of hydrogen-bond acceptors (Lipinski definition) is 5. The van der Waals surface area contributed by atoms with Crippen molar-refractivity contribution in [2.75, 3.05) is 25.2 Å². The van der Waals surface area contributed by atoms with Crippen LogP contribution in [-0.2, 0) is 20.5 Å². The predicted octanol–water partition coefficient (Wildman–Crippen LogP) is 5.15. The van der Waals surface area contributed by atoms with Gasteiger partial charge in [0.25, 0.3) is 0 Å². The zero-order valence-electron chi connectivity index (χ0n) is 17.7. The maximum absolute atomic E-state index is 13.6. The van der Waals surface area contributed by atoms with Crippen molar-refractivity contribution in [2.45, 2.75) is 48.7 Å². The number of benzene rings is 2. The summed E-state index contributed by atoms with van der Waals surface area (Å²) in [6, 6.07) is 18.7.